The van der Waals surface area contributed by atoms with E-state index < -0.39 is 0 Å². The third-order valence-electron chi connectivity index (χ3n) is 2.74. The van der Waals surface area contributed by atoms with Crippen LogP contribution in [0.4, 0.5) is 0 Å². The highest BCUT2D eigenvalue weighted by Gasteiger charge is 2.02. The van der Waals surface area contributed by atoms with E-state index in [1.165, 1.54) is 0 Å². The highest BCUT2D eigenvalue weighted by molar-refractivity contribution is 5.79. The van der Waals surface area contributed by atoms with E-state index in [4.69, 9.17) is 9.47 Å². The molecule has 0 N–H and O–H groups in total. The van der Waals surface area contributed by atoms with Crippen molar-refractivity contribution in [2.75, 3.05) is 13.2 Å². The fourth-order valence-corrected chi connectivity index (χ4v) is 1.73. The maximum absolute atomic E-state index is 10.8. The van der Waals surface area contributed by atoms with Crippen LogP contribution in [0.15, 0.2) is 48.5 Å². The standard InChI is InChI=1S/C16H16O3/c1-13-6-2-4-8-15(13)18-10-11-19-16-9-5-3-7-14(16)12-17/h2-9,12H,10-11H2,1H3. The Morgan fingerprint density at radius 2 is 1.47 bits per heavy atom. The number of carbonyl (C=O) groups is 1. The Morgan fingerprint density at radius 3 is 2.16 bits per heavy atom. The van der Waals surface area contributed by atoms with E-state index in [0.717, 1.165) is 17.6 Å². The molecule has 2 aromatic carbocycles. The van der Waals surface area contributed by atoms with Crippen LogP contribution >= 0.6 is 0 Å². The zero-order valence-corrected chi connectivity index (χ0v) is 10.8. The van der Waals surface area contributed by atoms with Crippen molar-refractivity contribution >= 4 is 6.29 Å². The maximum Gasteiger partial charge on any atom is 0.153 e. The SMILES string of the molecule is Cc1ccccc1OCCOc1ccccc1C=O. The third kappa shape index (κ3) is 3.58. The molecule has 98 valence electrons. The Morgan fingerprint density at radius 1 is 0.895 bits per heavy atom. The molecule has 2 aromatic rings. The normalized spacial score (nSPS) is 9.95. The lowest BCUT2D eigenvalue weighted by atomic mass is 10.2. The average molecular weight is 256 g/mol. The van der Waals surface area contributed by atoms with Gasteiger partial charge in [0.05, 0.1) is 5.56 Å². The number of para-hydroxylation sites is 2. The first-order chi connectivity index (χ1) is 9.31. The summed E-state index contributed by atoms with van der Waals surface area (Å²) in [6.07, 6.45) is 0.789. The molecule has 0 radical (unpaired) electrons. The molecule has 3 heteroatoms. The predicted octanol–water partition coefficient (Wildman–Crippen LogP) is 3.27. The van der Waals surface area contributed by atoms with Gasteiger partial charge in [-0.25, -0.2) is 0 Å². The van der Waals surface area contributed by atoms with Gasteiger partial charge in [0.2, 0.25) is 0 Å². The third-order valence-corrected chi connectivity index (χ3v) is 2.74. The van der Waals surface area contributed by atoms with Crippen molar-refractivity contribution in [3.05, 3.63) is 59.7 Å². The molecule has 0 atom stereocenters. The molecule has 0 saturated carbocycles. The Balaban J connectivity index is 1.84. The summed E-state index contributed by atoms with van der Waals surface area (Å²) in [4.78, 5) is 10.8. The Kier molecular flexibility index (Phi) is 4.56. The van der Waals surface area contributed by atoms with Gasteiger partial charge in [-0.05, 0) is 30.7 Å². The molecule has 3 nitrogen and oxygen atoms in total. The summed E-state index contributed by atoms with van der Waals surface area (Å²) >= 11 is 0. The fraction of sp³-hybridized carbons (Fsp3) is 0.188. The van der Waals surface area contributed by atoms with Crippen LogP contribution in [0.1, 0.15) is 15.9 Å². The van der Waals surface area contributed by atoms with Crippen molar-refractivity contribution in [2.45, 2.75) is 6.92 Å². The number of hydrogen-bond acceptors (Lipinski definition) is 3. The second kappa shape index (κ2) is 6.59. The molecule has 0 aliphatic heterocycles. The number of benzene rings is 2. The molecule has 0 aliphatic rings. The summed E-state index contributed by atoms with van der Waals surface area (Å²) in [5, 5.41) is 0. The van der Waals surface area contributed by atoms with E-state index in [9.17, 15) is 4.79 Å². The Bertz CT molecular complexity index is 549. The minimum atomic E-state index is 0.402. The van der Waals surface area contributed by atoms with Gasteiger partial charge < -0.3 is 9.47 Å². The van der Waals surface area contributed by atoms with Gasteiger partial charge in [0.1, 0.15) is 24.7 Å². The predicted molar refractivity (Wildman–Crippen MR) is 74.0 cm³/mol. The molecule has 0 saturated heterocycles. The smallest absolute Gasteiger partial charge is 0.153 e. The fourth-order valence-electron chi connectivity index (χ4n) is 1.73. The summed E-state index contributed by atoms with van der Waals surface area (Å²) in [7, 11) is 0. The number of ether oxygens (including phenoxy) is 2. The van der Waals surface area contributed by atoms with Gasteiger partial charge in [-0.3, -0.25) is 4.79 Å². The number of aryl methyl sites for hydroxylation is 1. The van der Waals surface area contributed by atoms with Crippen molar-refractivity contribution in [3.8, 4) is 11.5 Å². The van der Waals surface area contributed by atoms with Gasteiger partial charge in [-0.15, -0.1) is 0 Å². The summed E-state index contributed by atoms with van der Waals surface area (Å²) < 4.78 is 11.2. The molecule has 0 spiro atoms. The van der Waals surface area contributed by atoms with Crippen molar-refractivity contribution in [2.24, 2.45) is 0 Å². The zero-order chi connectivity index (χ0) is 13.5. The zero-order valence-electron chi connectivity index (χ0n) is 10.8. The Hall–Kier alpha value is -2.29. The summed E-state index contributed by atoms with van der Waals surface area (Å²) in [6.45, 7) is 2.84. The highest BCUT2D eigenvalue weighted by Crippen LogP contribution is 2.17. The van der Waals surface area contributed by atoms with Gasteiger partial charge in [0.15, 0.2) is 6.29 Å². The van der Waals surface area contributed by atoms with Gasteiger partial charge >= 0.3 is 0 Å². The second-order valence-electron chi connectivity index (χ2n) is 4.12. The van der Waals surface area contributed by atoms with Crippen LogP contribution in [0, 0.1) is 6.92 Å². The van der Waals surface area contributed by atoms with Crippen LogP contribution in [0.5, 0.6) is 11.5 Å². The largest absolute Gasteiger partial charge is 0.490 e. The average Bonchev–Trinajstić information content (AvgIpc) is 2.45. The van der Waals surface area contributed by atoms with E-state index in [1.807, 2.05) is 37.3 Å². The molecule has 0 bridgehead atoms. The van der Waals surface area contributed by atoms with Crippen molar-refractivity contribution in [1.82, 2.24) is 0 Å². The van der Waals surface area contributed by atoms with Crippen LogP contribution in [0.3, 0.4) is 0 Å². The van der Waals surface area contributed by atoms with E-state index >= 15 is 0 Å². The van der Waals surface area contributed by atoms with Crippen molar-refractivity contribution in [3.63, 3.8) is 0 Å². The van der Waals surface area contributed by atoms with Gasteiger partial charge in [0.25, 0.3) is 0 Å². The number of rotatable bonds is 6. The van der Waals surface area contributed by atoms with Crippen LogP contribution in [-0.4, -0.2) is 19.5 Å². The summed E-state index contributed by atoms with van der Waals surface area (Å²) in [5.41, 5.74) is 1.65. The lowest BCUT2D eigenvalue weighted by Crippen LogP contribution is -2.10. The first-order valence-corrected chi connectivity index (χ1v) is 6.16. The van der Waals surface area contributed by atoms with Crippen molar-refractivity contribution < 1.29 is 14.3 Å². The summed E-state index contributed by atoms with van der Waals surface area (Å²) in [5.74, 6) is 1.45. The molecule has 0 unspecified atom stereocenters. The lowest BCUT2D eigenvalue weighted by Gasteiger charge is -2.11. The highest BCUT2D eigenvalue weighted by atomic mass is 16.5. The number of aldehydes is 1. The van der Waals surface area contributed by atoms with Crippen LogP contribution in [0.25, 0.3) is 0 Å². The summed E-state index contributed by atoms with van der Waals surface area (Å²) in [6, 6.07) is 15.0. The minimum Gasteiger partial charge on any atom is -0.490 e. The molecule has 19 heavy (non-hydrogen) atoms. The minimum absolute atomic E-state index is 0.402. The van der Waals surface area contributed by atoms with Crippen LogP contribution in [-0.2, 0) is 0 Å². The molecule has 0 amide bonds. The maximum atomic E-state index is 10.8. The molecule has 0 aromatic heterocycles. The Labute approximate surface area is 112 Å². The van der Waals surface area contributed by atoms with E-state index in [-0.39, 0.29) is 0 Å². The van der Waals surface area contributed by atoms with Crippen LogP contribution < -0.4 is 9.47 Å². The molecule has 0 fully saturated rings. The quantitative estimate of drug-likeness (QED) is 0.588. The monoisotopic (exact) mass is 256 g/mol. The topological polar surface area (TPSA) is 35.5 Å². The molecular formula is C16H16O3. The van der Waals surface area contributed by atoms with E-state index in [1.54, 1.807) is 18.2 Å². The molecule has 0 aliphatic carbocycles. The second-order valence-corrected chi connectivity index (χ2v) is 4.12. The number of hydrogen-bond donors (Lipinski definition) is 0. The first-order valence-electron chi connectivity index (χ1n) is 6.16. The van der Waals surface area contributed by atoms with Crippen molar-refractivity contribution in [1.29, 1.82) is 0 Å². The molecule has 0 heterocycles. The van der Waals surface area contributed by atoms with Gasteiger partial charge in [-0.2, -0.15) is 0 Å². The first kappa shape index (κ1) is 13.1. The number of carbonyl (C=O) groups excluding carboxylic acids is 1. The van der Waals surface area contributed by atoms with E-state index in [2.05, 4.69) is 0 Å². The van der Waals surface area contributed by atoms with Gasteiger partial charge in [-0.1, -0.05) is 30.3 Å². The van der Waals surface area contributed by atoms with Gasteiger partial charge in [0, 0.05) is 0 Å². The van der Waals surface area contributed by atoms with E-state index in [0.29, 0.717) is 24.5 Å². The molecule has 2 rings (SSSR count). The lowest BCUT2D eigenvalue weighted by molar-refractivity contribution is 0.111. The van der Waals surface area contributed by atoms with Crippen LogP contribution in [0.2, 0.25) is 0 Å². The molecular weight excluding hydrogens is 240 g/mol.